The van der Waals surface area contributed by atoms with Crippen LogP contribution in [0.5, 0.6) is 5.75 Å². The average Bonchev–Trinajstić information content (AvgIpc) is 2.69. The van der Waals surface area contributed by atoms with E-state index >= 15 is 0 Å². The largest absolute Gasteiger partial charge is 0.484 e. The van der Waals surface area contributed by atoms with Crippen molar-refractivity contribution in [1.29, 1.82) is 0 Å². The van der Waals surface area contributed by atoms with E-state index in [0.717, 1.165) is 30.5 Å². The van der Waals surface area contributed by atoms with E-state index in [9.17, 15) is 14.4 Å². The maximum absolute atomic E-state index is 12.9. The van der Waals surface area contributed by atoms with Crippen molar-refractivity contribution < 1.29 is 19.1 Å². The van der Waals surface area contributed by atoms with E-state index in [1.54, 1.807) is 12.1 Å². The van der Waals surface area contributed by atoms with Crippen LogP contribution in [0.1, 0.15) is 50.5 Å². The molecule has 0 saturated heterocycles. The standard InChI is InChI=1S/C22H27N3O4/c26-19-4-1-16-8-17(2-3-18(16)23-19)29-12-20(27)24-25-21(28)22-9-13-5-14(10-22)7-15(6-13)11-22/h2-3,8,13-15H,1,4-7,9-12H2,(H,23,26)(H,24,27)(H,25,28). The van der Waals surface area contributed by atoms with Gasteiger partial charge in [-0.25, -0.2) is 0 Å². The third kappa shape index (κ3) is 3.58. The molecule has 4 bridgehead atoms. The molecule has 6 rings (SSSR count). The number of hydrogen-bond acceptors (Lipinski definition) is 4. The maximum atomic E-state index is 12.9. The van der Waals surface area contributed by atoms with Crippen molar-refractivity contribution in [3.05, 3.63) is 23.8 Å². The number of benzene rings is 1. The third-order valence-electron chi connectivity index (χ3n) is 7.18. The molecule has 4 aliphatic carbocycles. The Hall–Kier alpha value is -2.57. The minimum atomic E-state index is -0.380. The van der Waals surface area contributed by atoms with Gasteiger partial charge in [-0.05, 0) is 86.5 Å². The Bertz CT molecular complexity index is 830. The van der Waals surface area contributed by atoms with Crippen molar-refractivity contribution >= 4 is 23.4 Å². The molecular weight excluding hydrogens is 370 g/mol. The Morgan fingerprint density at radius 2 is 1.72 bits per heavy atom. The number of rotatable bonds is 4. The predicted molar refractivity (Wildman–Crippen MR) is 106 cm³/mol. The summed E-state index contributed by atoms with van der Waals surface area (Å²) in [7, 11) is 0. The van der Waals surface area contributed by atoms with Crippen molar-refractivity contribution in [1.82, 2.24) is 10.9 Å². The highest BCUT2D eigenvalue weighted by Crippen LogP contribution is 2.60. The average molecular weight is 397 g/mol. The lowest BCUT2D eigenvalue weighted by molar-refractivity contribution is -0.149. The summed E-state index contributed by atoms with van der Waals surface area (Å²) >= 11 is 0. The Balaban J connectivity index is 1.12. The molecule has 29 heavy (non-hydrogen) atoms. The molecule has 0 spiro atoms. The minimum absolute atomic E-state index is 0.0142. The maximum Gasteiger partial charge on any atom is 0.276 e. The fraction of sp³-hybridized carbons (Fsp3) is 0.591. The highest BCUT2D eigenvalue weighted by atomic mass is 16.5. The molecule has 1 aromatic rings. The van der Waals surface area contributed by atoms with Gasteiger partial charge in [0.05, 0.1) is 5.41 Å². The molecule has 1 heterocycles. The highest BCUT2D eigenvalue weighted by Gasteiger charge is 2.54. The first-order valence-corrected chi connectivity index (χ1v) is 10.6. The van der Waals surface area contributed by atoms with Crippen LogP contribution in [0.25, 0.3) is 0 Å². The predicted octanol–water partition coefficient (Wildman–Crippen LogP) is 2.31. The molecule has 7 nitrogen and oxygen atoms in total. The molecule has 4 fully saturated rings. The Morgan fingerprint density at radius 3 is 2.41 bits per heavy atom. The van der Waals surface area contributed by atoms with Crippen LogP contribution in [0.2, 0.25) is 0 Å². The van der Waals surface area contributed by atoms with Crippen molar-refractivity contribution in [3.63, 3.8) is 0 Å². The number of ether oxygens (including phenoxy) is 1. The van der Waals surface area contributed by atoms with E-state index in [1.807, 2.05) is 6.07 Å². The second-order valence-corrected chi connectivity index (χ2v) is 9.36. The van der Waals surface area contributed by atoms with Crippen LogP contribution in [0.4, 0.5) is 5.69 Å². The van der Waals surface area contributed by atoms with Gasteiger partial charge in [-0.2, -0.15) is 0 Å². The van der Waals surface area contributed by atoms with E-state index in [-0.39, 0.29) is 29.7 Å². The number of aryl methyl sites for hydroxylation is 1. The van der Waals surface area contributed by atoms with Crippen LogP contribution in [0.3, 0.4) is 0 Å². The summed E-state index contributed by atoms with van der Waals surface area (Å²) in [6.07, 6.45) is 7.82. The summed E-state index contributed by atoms with van der Waals surface area (Å²) in [6, 6.07) is 5.36. The second kappa shape index (κ2) is 7.04. The molecular formula is C22H27N3O4. The van der Waals surface area contributed by atoms with Crippen LogP contribution in [-0.2, 0) is 20.8 Å². The number of hydrogen-bond donors (Lipinski definition) is 3. The van der Waals surface area contributed by atoms with Gasteiger partial charge in [0.2, 0.25) is 11.8 Å². The Labute approximate surface area is 169 Å². The lowest BCUT2D eigenvalue weighted by atomic mass is 9.49. The molecule has 0 aromatic heterocycles. The molecule has 0 atom stereocenters. The number of anilines is 1. The zero-order valence-electron chi connectivity index (χ0n) is 16.5. The van der Waals surface area contributed by atoms with Gasteiger partial charge in [0, 0.05) is 12.1 Å². The van der Waals surface area contributed by atoms with Gasteiger partial charge in [-0.15, -0.1) is 0 Å². The molecule has 7 heteroatoms. The molecule has 154 valence electrons. The summed E-state index contributed by atoms with van der Waals surface area (Å²) in [6.45, 7) is -0.174. The first-order chi connectivity index (χ1) is 14.0. The van der Waals surface area contributed by atoms with Crippen molar-refractivity contribution in [2.24, 2.45) is 23.2 Å². The van der Waals surface area contributed by atoms with Crippen molar-refractivity contribution in [2.45, 2.75) is 51.4 Å². The van der Waals surface area contributed by atoms with Crippen LogP contribution in [0, 0.1) is 23.2 Å². The minimum Gasteiger partial charge on any atom is -0.484 e. The summed E-state index contributed by atoms with van der Waals surface area (Å²) in [5, 5.41) is 2.82. The van der Waals surface area contributed by atoms with Crippen molar-refractivity contribution in [3.8, 4) is 5.75 Å². The fourth-order valence-electron chi connectivity index (χ4n) is 6.28. The number of carbonyl (C=O) groups is 3. The molecule has 0 unspecified atom stereocenters. The number of hydrazine groups is 1. The summed E-state index contributed by atoms with van der Waals surface area (Å²) < 4.78 is 5.57. The fourth-order valence-corrected chi connectivity index (χ4v) is 6.28. The van der Waals surface area contributed by atoms with Crippen LogP contribution < -0.4 is 20.9 Å². The van der Waals surface area contributed by atoms with E-state index in [0.29, 0.717) is 36.3 Å². The molecule has 5 aliphatic rings. The van der Waals surface area contributed by atoms with E-state index in [4.69, 9.17) is 4.74 Å². The normalized spacial score (nSPS) is 31.6. The lowest BCUT2D eigenvalue weighted by Crippen LogP contribution is -2.57. The van der Waals surface area contributed by atoms with Gasteiger partial charge in [0.25, 0.3) is 5.91 Å². The molecule has 3 amide bonds. The lowest BCUT2D eigenvalue weighted by Gasteiger charge is -2.55. The Kier molecular flexibility index (Phi) is 4.48. The smallest absolute Gasteiger partial charge is 0.276 e. The van der Waals surface area contributed by atoms with E-state index in [2.05, 4.69) is 16.2 Å². The topological polar surface area (TPSA) is 96.5 Å². The SMILES string of the molecule is O=C(COc1ccc2c(c1)CCC(=O)N2)NNC(=O)C12CC3CC(CC(C3)C1)C2. The monoisotopic (exact) mass is 397 g/mol. The molecule has 4 saturated carbocycles. The zero-order chi connectivity index (χ0) is 20.0. The number of carbonyl (C=O) groups excluding carboxylic acids is 3. The van der Waals surface area contributed by atoms with Gasteiger partial charge in [-0.3, -0.25) is 25.2 Å². The van der Waals surface area contributed by atoms with E-state index in [1.165, 1.54) is 19.3 Å². The van der Waals surface area contributed by atoms with Crippen LogP contribution in [0.15, 0.2) is 18.2 Å². The first-order valence-electron chi connectivity index (χ1n) is 10.6. The van der Waals surface area contributed by atoms with Gasteiger partial charge in [-0.1, -0.05) is 0 Å². The number of amides is 3. The van der Waals surface area contributed by atoms with Crippen molar-refractivity contribution in [2.75, 3.05) is 11.9 Å². The molecule has 3 N–H and O–H groups in total. The Morgan fingerprint density at radius 1 is 1.03 bits per heavy atom. The summed E-state index contributed by atoms with van der Waals surface area (Å²) in [4.78, 5) is 36.5. The first kappa shape index (κ1) is 18.5. The summed E-state index contributed by atoms with van der Waals surface area (Å²) in [5.41, 5.74) is 6.69. The zero-order valence-corrected chi connectivity index (χ0v) is 16.5. The molecule has 0 radical (unpaired) electrons. The van der Waals surface area contributed by atoms with Gasteiger partial charge in [0.15, 0.2) is 6.61 Å². The van der Waals surface area contributed by atoms with E-state index < -0.39 is 0 Å². The molecule has 1 aliphatic heterocycles. The van der Waals surface area contributed by atoms with Gasteiger partial charge >= 0.3 is 0 Å². The van der Waals surface area contributed by atoms with Crippen LogP contribution in [-0.4, -0.2) is 24.3 Å². The van der Waals surface area contributed by atoms with Gasteiger partial charge in [0.1, 0.15) is 5.75 Å². The quantitative estimate of drug-likeness (QED) is 0.680. The van der Waals surface area contributed by atoms with Gasteiger partial charge < -0.3 is 10.1 Å². The second-order valence-electron chi connectivity index (χ2n) is 9.36. The number of fused-ring (bicyclic) bond motifs is 1. The highest BCUT2D eigenvalue weighted by molar-refractivity contribution is 5.94. The van der Waals surface area contributed by atoms with Crippen LogP contribution >= 0.6 is 0 Å². The third-order valence-corrected chi connectivity index (χ3v) is 7.18. The molecule has 1 aromatic carbocycles. The summed E-state index contributed by atoms with van der Waals surface area (Å²) in [5.74, 6) is 2.21. The number of nitrogens with one attached hydrogen (secondary N) is 3.